The van der Waals surface area contributed by atoms with E-state index in [0.29, 0.717) is 6.61 Å². The molecular weight excluding hydrogens is 252 g/mol. The number of hydrogen-bond acceptors (Lipinski definition) is 4. The number of nitrogens with one attached hydrogen (secondary N) is 1. The second-order valence-electron chi connectivity index (χ2n) is 6.45. The highest BCUT2D eigenvalue weighted by atomic mass is 16.5. The Bertz CT molecular complexity index is 309. The van der Waals surface area contributed by atoms with E-state index >= 15 is 0 Å². The number of rotatable bonds is 7. The van der Waals surface area contributed by atoms with Crippen LogP contribution in [0.3, 0.4) is 0 Å². The Kier molecular flexibility index (Phi) is 6.96. The highest BCUT2D eigenvalue weighted by Gasteiger charge is 2.32. The minimum atomic E-state index is -0.551. The lowest BCUT2D eigenvalue weighted by molar-refractivity contribution is -0.150. The number of nitrogens with zero attached hydrogens (tertiary/aromatic N) is 1. The average molecular weight is 284 g/mol. The second-order valence-corrected chi connectivity index (χ2v) is 6.45. The predicted octanol–water partition coefficient (Wildman–Crippen LogP) is 2.29. The summed E-state index contributed by atoms with van der Waals surface area (Å²) in [5, 5.41) is 3.12. The minimum absolute atomic E-state index is 0.136. The highest BCUT2D eigenvalue weighted by molar-refractivity contribution is 5.80. The molecule has 3 atom stereocenters. The first kappa shape index (κ1) is 17.4. The van der Waals surface area contributed by atoms with Gasteiger partial charge in [-0.05, 0) is 65.1 Å². The van der Waals surface area contributed by atoms with E-state index in [1.165, 1.54) is 19.5 Å². The van der Waals surface area contributed by atoms with E-state index in [0.717, 1.165) is 31.2 Å². The third-order valence-electron chi connectivity index (χ3n) is 4.85. The summed E-state index contributed by atoms with van der Waals surface area (Å²) in [5.41, 5.74) is -0.551. The largest absolute Gasteiger partial charge is 0.465 e. The van der Waals surface area contributed by atoms with Crippen molar-refractivity contribution in [3.05, 3.63) is 0 Å². The van der Waals surface area contributed by atoms with E-state index in [4.69, 9.17) is 4.74 Å². The van der Waals surface area contributed by atoms with Crippen LogP contribution in [-0.2, 0) is 9.53 Å². The number of piperidine rings is 1. The smallest absolute Gasteiger partial charge is 0.326 e. The molecule has 0 amide bonds. The summed E-state index contributed by atoms with van der Waals surface area (Å²) in [5.74, 6) is 1.49. The summed E-state index contributed by atoms with van der Waals surface area (Å²) >= 11 is 0. The Balaban J connectivity index is 2.36. The Morgan fingerprint density at radius 2 is 2.10 bits per heavy atom. The van der Waals surface area contributed by atoms with E-state index in [1.807, 2.05) is 20.9 Å². The van der Waals surface area contributed by atoms with Crippen LogP contribution in [0.1, 0.15) is 47.0 Å². The molecule has 1 aliphatic heterocycles. The van der Waals surface area contributed by atoms with Crippen LogP contribution in [-0.4, -0.2) is 49.7 Å². The van der Waals surface area contributed by atoms with Crippen LogP contribution in [0.25, 0.3) is 0 Å². The number of carbonyl (C=O) groups excluding carboxylic acids is 1. The molecule has 1 aliphatic rings. The van der Waals surface area contributed by atoms with Crippen molar-refractivity contribution < 1.29 is 9.53 Å². The van der Waals surface area contributed by atoms with Crippen LogP contribution in [0.5, 0.6) is 0 Å². The Hall–Kier alpha value is -0.610. The predicted molar refractivity (Wildman–Crippen MR) is 82.7 cm³/mol. The van der Waals surface area contributed by atoms with E-state index in [-0.39, 0.29) is 5.97 Å². The van der Waals surface area contributed by atoms with Gasteiger partial charge in [0, 0.05) is 6.54 Å². The van der Waals surface area contributed by atoms with Crippen molar-refractivity contribution in [3.63, 3.8) is 0 Å². The van der Waals surface area contributed by atoms with E-state index in [9.17, 15) is 4.79 Å². The molecule has 0 aromatic carbocycles. The van der Waals surface area contributed by atoms with Crippen LogP contribution in [0.15, 0.2) is 0 Å². The molecule has 0 saturated carbocycles. The normalized spacial score (nSPS) is 27.1. The monoisotopic (exact) mass is 284 g/mol. The van der Waals surface area contributed by atoms with E-state index < -0.39 is 5.54 Å². The first-order valence-electron chi connectivity index (χ1n) is 8.01. The Labute approximate surface area is 124 Å². The maximum Gasteiger partial charge on any atom is 0.326 e. The van der Waals surface area contributed by atoms with Crippen molar-refractivity contribution in [1.82, 2.24) is 10.2 Å². The van der Waals surface area contributed by atoms with Gasteiger partial charge in [-0.3, -0.25) is 4.79 Å². The van der Waals surface area contributed by atoms with Crippen LogP contribution < -0.4 is 5.32 Å². The molecule has 1 fully saturated rings. The quantitative estimate of drug-likeness (QED) is 0.728. The van der Waals surface area contributed by atoms with Crippen molar-refractivity contribution in [2.24, 2.45) is 11.8 Å². The molecule has 0 aliphatic carbocycles. The molecule has 0 aromatic rings. The molecule has 0 spiro atoms. The third-order valence-corrected chi connectivity index (χ3v) is 4.85. The fourth-order valence-electron chi connectivity index (χ4n) is 2.83. The molecule has 0 radical (unpaired) electrons. The number of esters is 1. The summed E-state index contributed by atoms with van der Waals surface area (Å²) < 4.78 is 5.16. The molecular formula is C16H32N2O2. The van der Waals surface area contributed by atoms with Crippen LogP contribution in [0, 0.1) is 11.8 Å². The van der Waals surface area contributed by atoms with Gasteiger partial charge in [-0.1, -0.05) is 13.8 Å². The fourth-order valence-corrected chi connectivity index (χ4v) is 2.83. The summed E-state index contributed by atoms with van der Waals surface area (Å²) in [4.78, 5) is 14.5. The summed E-state index contributed by atoms with van der Waals surface area (Å²) in [6.07, 6.45) is 3.14. The zero-order chi connectivity index (χ0) is 15.2. The molecule has 1 heterocycles. The number of hydrogen-bond donors (Lipinski definition) is 1. The third kappa shape index (κ3) is 4.74. The standard InChI is InChI=1S/C16H32N2O2/c1-6-20-15(19)16(4,17-5)9-7-10-18-11-8-13(2)14(3)12-18/h13-14,17H,6-12H2,1-5H3. The summed E-state index contributed by atoms with van der Waals surface area (Å²) in [6.45, 7) is 12.4. The second kappa shape index (κ2) is 7.99. The van der Waals surface area contributed by atoms with Crippen molar-refractivity contribution in [2.45, 2.75) is 52.5 Å². The lowest BCUT2D eigenvalue weighted by Gasteiger charge is -2.36. The fraction of sp³-hybridized carbons (Fsp3) is 0.938. The molecule has 1 saturated heterocycles. The van der Waals surface area contributed by atoms with Crippen molar-refractivity contribution in [3.8, 4) is 0 Å². The summed E-state index contributed by atoms with van der Waals surface area (Å²) in [6, 6.07) is 0. The van der Waals surface area contributed by atoms with Gasteiger partial charge in [-0.25, -0.2) is 0 Å². The first-order chi connectivity index (χ1) is 9.42. The first-order valence-corrected chi connectivity index (χ1v) is 8.01. The molecule has 4 heteroatoms. The molecule has 1 N–H and O–H groups in total. The van der Waals surface area contributed by atoms with Gasteiger partial charge in [0.1, 0.15) is 5.54 Å². The number of likely N-dealkylation sites (N-methyl/N-ethyl adjacent to an activating group) is 1. The topological polar surface area (TPSA) is 41.6 Å². The van der Waals surface area contributed by atoms with Gasteiger partial charge in [-0.2, -0.15) is 0 Å². The SMILES string of the molecule is CCOC(=O)C(C)(CCCN1CCC(C)C(C)C1)NC. The Morgan fingerprint density at radius 1 is 1.40 bits per heavy atom. The van der Waals surface area contributed by atoms with Crippen LogP contribution in [0.2, 0.25) is 0 Å². The highest BCUT2D eigenvalue weighted by Crippen LogP contribution is 2.23. The maximum atomic E-state index is 12.0. The molecule has 4 nitrogen and oxygen atoms in total. The van der Waals surface area contributed by atoms with Gasteiger partial charge >= 0.3 is 5.97 Å². The molecule has 3 unspecified atom stereocenters. The molecule has 1 rings (SSSR count). The van der Waals surface area contributed by atoms with Crippen LogP contribution >= 0.6 is 0 Å². The molecule has 20 heavy (non-hydrogen) atoms. The number of ether oxygens (including phenoxy) is 1. The molecule has 0 aromatic heterocycles. The van der Waals surface area contributed by atoms with Crippen molar-refractivity contribution >= 4 is 5.97 Å². The van der Waals surface area contributed by atoms with Gasteiger partial charge in [0.15, 0.2) is 0 Å². The van der Waals surface area contributed by atoms with Gasteiger partial charge in [0.05, 0.1) is 6.61 Å². The number of carbonyl (C=O) groups is 1. The lowest BCUT2D eigenvalue weighted by atomic mass is 9.88. The Morgan fingerprint density at radius 3 is 2.65 bits per heavy atom. The van der Waals surface area contributed by atoms with Crippen molar-refractivity contribution in [2.75, 3.05) is 33.3 Å². The van der Waals surface area contributed by atoms with Gasteiger partial charge in [0.2, 0.25) is 0 Å². The minimum Gasteiger partial charge on any atom is -0.465 e. The van der Waals surface area contributed by atoms with E-state index in [2.05, 4.69) is 24.1 Å². The number of likely N-dealkylation sites (tertiary alicyclic amines) is 1. The zero-order valence-corrected chi connectivity index (χ0v) is 13.9. The maximum absolute atomic E-state index is 12.0. The van der Waals surface area contributed by atoms with Gasteiger partial charge in [0.25, 0.3) is 0 Å². The van der Waals surface area contributed by atoms with Gasteiger partial charge < -0.3 is 15.0 Å². The van der Waals surface area contributed by atoms with E-state index in [1.54, 1.807) is 0 Å². The molecule has 0 bridgehead atoms. The summed E-state index contributed by atoms with van der Waals surface area (Å²) in [7, 11) is 1.83. The molecule has 118 valence electrons. The van der Waals surface area contributed by atoms with Gasteiger partial charge in [-0.15, -0.1) is 0 Å². The average Bonchev–Trinajstić information content (AvgIpc) is 2.42. The lowest BCUT2D eigenvalue weighted by Crippen LogP contribution is -2.49. The van der Waals surface area contributed by atoms with Crippen molar-refractivity contribution in [1.29, 1.82) is 0 Å². The zero-order valence-electron chi connectivity index (χ0n) is 13.9. The van der Waals surface area contributed by atoms with Crippen LogP contribution in [0.4, 0.5) is 0 Å².